The molecule has 210 valence electrons. The lowest BCUT2D eigenvalue weighted by atomic mass is 9.87. The molecule has 0 fully saturated rings. The fraction of sp³-hybridized carbons (Fsp3) is 0. The van der Waals surface area contributed by atoms with Crippen molar-refractivity contribution in [3.63, 3.8) is 0 Å². The van der Waals surface area contributed by atoms with Crippen molar-refractivity contribution in [2.24, 2.45) is 0 Å². The van der Waals surface area contributed by atoms with Gasteiger partial charge in [0.15, 0.2) is 5.78 Å². The number of carbonyl (C=O) groups is 1. The van der Waals surface area contributed by atoms with Gasteiger partial charge in [-0.2, -0.15) is 0 Å². The summed E-state index contributed by atoms with van der Waals surface area (Å²) in [6.07, 6.45) is 7.73. The zero-order chi connectivity index (χ0) is 29.9. The third kappa shape index (κ3) is 5.78. The molecule has 2 nitrogen and oxygen atoms in total. The molecule has 0 spiro atoms. The lowest BCUT2D eigenvalue weighted by molar-refractivity contribution is -0.300. The van der Waals surface area contributed by atoms with Crippen molar-refractivity contribution in [1.82, 2.24) is 0 Å². The van der Waals surface area contributed by atoms with E-state index >= 15 is 0 Å². The zero-order valence-corrected chi connectivity index (χ0v) is 25.3. The standard InChI is InChI=1S/C40H26O2S2/c41-39-35(25-33-21-31(27-13-5-1-6-14-27)23-37(43-33)29-17-9-3-10-18-29)40(42)36(39)26-34-22-32(28-15-7-2-8-16-28)24-38(44-34)30-19-11-4-12-20-30/h1-26H. The molecule has 44 heavy (non-hydrogen) atoms. The minimum atomic E-state index is -0.216. The van der Waals surface area contributed by atoms with Gasteiger partial charge in [0.05, 0.1) is 0 Å². The maximum atomic E-state index is 13.5. The number of Topliss-reactive ketones (excluding diaryl/α,β-unsaturated/α-hetero) is 1. The second kappa shape index (κ2) is 12.3. The molecule has 4 heteroatoms. The van der Waals surface area contributed by atoms with Crippen molar-refractivity contribution >= 4 is 45.4 Å². The molecule has 0 saturated heterocycles. The summed E-state index contributed by atoms with van der Waals surface area (Å²) < 4.78 is 0. The predicted octanol–water partition coefficient (Wildman–Crippen LogP) is 9.70. The second-order valence-corrected chi connectivity index (χ2v) is 12.7. The minimum absolute atomic E-state index is 0.216. The number of benzene rings is 4. The first kappa shape index (κ1) is 27.8. The van der Waals surface area contributed by atoms with Gasteiger partial charge in [0, 0.05) is 44.7 Å². The van der Waals surface area contributed by atoms with Crippen molar-refractivity contribution in [1.29, 1.82) is 0 Å². The molecule has 0 saturated carbocycles. The van der Waals surface area contributed by atoms with Crippen LogP contribution in [0.3, 0.4) is 0 Å². The molecule has 0 radical (unpaired) electrons. The van der Waals surface area contributed by atoms with Gasteiger partial charge in [-0.15, -0.1) is 0 Å². The summed E-state index contributed by atoms with van der Waals surface area (Å²) in [7, 11) is 0. The molecule has 7 rings (SSSR count). The predicted molar refractivity (Wildman–Crippen MR) is 184 cm³/mol. The van der Waals surface area contributed by atoms with Crippen LogP contribution in [0.5, 0.6) is 0 Å². The molecule has 0 unspecified atom stereocenters. The van der Waals surface area contributed by atoms with E-state index in [4.69, 9.17) is 0 Å². The van der Waals surface area contributed by atoms with Crippen LogP contribution in [0.2, 0.25) is 0 Å². The van der Waals surface area contributed by atoms with Crippen LogP contribution < -0.4 is 5.11 Å². The van der Waals surface area contributed by atoms with Crippen molar-refractivity contribution in [3.8, 4) is 21.6 Å². The normalized spacial score (nSPS) is 16.5. The van der Waals surface area contributed by atoms with E-state index in [-0.39, 0.29) is 22.7 Å². The third-order valence-electron chi connectivity index (χ3n) is 7.51. The number of rotatable bonds is 6. The van der Waals surface area contributed by atoms with Crippen LogP contribution >= 0.6 is 23.1 Å². The van der Waals surface area contributed by atoms with Gasteiger partial charge < -0.3 is 5.11 Å². The summed E-state index contributed by atoms with van der Waals surface area (Å²) in [6, 6.07) is 44.9. The number of carbonyl (C=O) groups excluding carboxylic acids is 1. The lowest BCUT2D eigenvalue weighted by Gasteiger charge is -2.29. The van der Waals surface area contributed by atoms with Gasteiger partial charge in [-0.05, 0) is 58.2 Å². The average molecular weight is 603 g/mol. The van der Waals surface area contributed by atoms with E-state index in [2.05, 4.69) is 72.8 Å². The molecular weight excluding hydrogens is 577 g/mol. The molecule has 1 aromatic heterocycles. The van der Waals surface area contributed by atoms with Gasteiger partial charge in [0.1, 0.15) is 0 Å². The maximum Gasteiger partial charge on any atom is 0.239 e. The quantitative estimate of drug-likeness (QED) is 0.144. The molecule has 0 bridgehead atoms. The molecule has 0 N–H and O–H groups in total. The Hall–Kier alpha value is -5.03. The highest BCUT2D eigenvalue weighted by Gasteiger charge is 2.28. The van der Waals surface area contributed by atoms with E-state index in [1.54, 1.807) is 35.3 Å². The number of allylic oxidation sites excluding steroid dienone is 6. The van der Waals surface area contributed by atoms with E-state index < -0.39 is 0 Å². The monoisotopic (exact) mass is 602 g/mol. The molecule has 1 aliphatic carbocycles. The molecule has 1 aliphatic heterocycles. The summed E-state index contributed by atoms with van der Waals surface area (Å²) in [5.74, 6) is -0.431. The summed E-state index contributed by atoms with van der Waals surface area (Å²) in [5.41, 5.74) is 6.88. The molecule has 4 aromatic carbocycles. The van der Waals surface area contributed by atoms with Crippen LogP contribution in [0.1, 0.15) is 16.0 Å². The van der Waals surface area contributed by atoms with Crippen LogP contribution in [0.15, 0.2) is 173 Å². The molecular formula is C40H26O2S2. The zero-order valence-electron chi connectivity index (χ0n) is 23.6. The fourth-order valence-electron chi connectivity index (χ4n) is 5.25. The lowest BCUT2D eigenvalue weighted by Crippen LogP contribution is -2.29. The van der Waals surface area contributed by atoms with Crippen LogP contribution in [-0.4, -0.2) is 5.78 Å². The Morgan fingerprint density at radius 2 is 1.16 bits per heavy atom. The van der Waals surface area contributed by atoms with Gasteiger partial charge in [0.25, 0.3) is 0 Å². The van der Waals surface area contributed by atoms with E-state index in [1.807, 2.05) is 72.8 Å². The van der Waals surface area contributed by atoms with E-state index in [0.717, 1.165) is 53.0 Å². The average Bonchev–Trinajstić information content (AvgIpc) is 3.10. The highest BCUT2D eigenvalue weighted by molar-refractivity contribution is 8.12. The fourth-order valence-corrected chi connectivity index (χ4v) is 7.36. The summed E-state index contributed by atoms with van der Waals surface area (Å²) >= 11 is 3.14. The number of ketones is 1. The highest BCUT2D eigenvalue weighted by atomic mass is 32.2. The molecule has 0 amide bonds. The molecule has 2 aliphatic rings. The van der Waals surface area contributed by atoms with Crippen molar-refractivity contribution < 1.29 is 9.90 Å². The Morgan fingerprint density at radius 3 is 1.77 bits per heavy atom. The minimum Gasteiger partial charge on any atom is -0.871 e. The van der Waals surface area contributed by atoms with Gasteiger partial charge in [-0.3, -0.25) is 4.79 Å². The number of hydrogen-bond acceptors (Lipinski definition) is 3. The highest BCUT2D eigenvalue weighted by Crippen LogP contribution is 2.44. The van der Waals surface area contributed by atoms with Crippen LogP contribution in [0, 0.1) is 0 Å². The second-order valence-electron chi connectivity index (χ2n) is 10.5. The maximum absolute atomic E-state index is 13.5. The Morgan fingerprint density at radius 1 is 0.591 bits per heavy atom. The first-order valence-corrected chi connectivity index (χ1v) is 16.0. The Kier molecular flexibility index (Phi) is 7.76. The van der Waals surface area contributed by atoms with Gasteiger partial charge in [-0.25, -0.2) is 0 Å². The third-order valence-corrected chi connectivity index (χ3v) is 9.60. The van der Waals surface area contributed by atoms with Crippen LogP contribution in [0.25, 0.3) is 38.1 Å². The molecule has 2 heterocycles. The summed E-state index contributed by atoms with van der Waals surface area (Å²) in [5, 5.41) is 13.5. The van der Waals surface area contributed by atoms with E-state index in [1.165, 1.54) is 0 Å². The SMILES string of the molecule is O=C1C(=Cc2cc(-c3ccccc3)cc(-c3ccccc3)[s+]2)C([O-])=C1C=C1C=C(c2ccccc2)C=C(c2ccccc2)S1. The van der Waals surface area contributed by atoms with Crippen molar-refractivity contribution in [2.45, 2.75) is 0 Å². The van der Waals surface area contributed by atoms with E-state index in [9.17, 15) is 9.90 Å². The van der Waals surface area contributed by atoms with Gasteiger partial charge in [0.2, 0.25) is 21.1 Å². The largest absolute Gasteiger partial charge is 0.871 e. The number of hydrogen-bond donors (Lipinski definition) is 0. The molecule has 0 atom stereocenters. The Labute approximate surface area is 265 Å². The van der Waals surface area contributed by atoms with E-state index in [0.29, 0.717) is 0 Å². The topological polar surface area (TPSA) is 40.1 Å². The summed E-state index contributed by atoms with van der Waals surface area (Å²) in [4.78, 5) is 17.3. The first-order valence-electron chi connectivity index (χ1n) is 14.3. The number of thioether (sulfide) groups is 1. The first-order chi connectivity index (χ1) is 21.6. The smallest absolute Gasteiger partial charge is 0.239 e. The van der Waals surface area contributed by atoms with Gasteiger partial charge >= 0.3 is 0 Å². The van der Waals surface area contributed by atoms with Crippen molar-refractivity contribution in [2.75, 3.05) is 0 Å². The Balaban J connectivity index is 1.26. The molecule has 5 aromatic rings. The van der Waals surface area contributed by atoms with Crippen LogP contribution in [-0.2, 0) is 4.79 Å². The van der Waals surface area contributed by atoms with Crippen molar-refractivity contribution in [3.05, 3.63) is 190 Å². The van der Waals surface area contributed by atoms with Crippen LogP contribution in [0.4, 0.5) is 0 Å². The summed E-state index contributed by atoms with van der Waals surface area (Å²) in [6.45, 7) is 0. The Bertz CT molecular complexity index is 1960. The van der Waals surface area contributed by atoms with Gasteiger partial charge in [-0.1, -0.05) is 127 Å².